The minimum Gasteiger partial charge on any atom is -0.365 e. The van der Waals surface area contributed by atoms with Gasteiger partial charge in [0.15, 0.2) is 11.6 Å². The first-order chi connectivity index (χ1) is 13.9. The van der Waals surface area contributed by atoms with Crippen molar-refractivity contribution in [1.82, 2.24) is 19.7 Å². The molecule has 0 aromatic carbocycles. The van der Waals surface area contributed by atoms with E-state index >= 15 is 0 Å². The lowest BCUT2D eigenvalue weighted by atomic mass is 10.2. The van der Waals surface area contributed by atoms with Crippen LogP contribution in [0, 0.1) is 18.6 Å². The van der Waals surface area contributed by atoms with E-state index < -0.39 is 17.5 Å². The number of halogens is 2. The van der Waals surface area contributed by atoms with Crippen LogP contribution in [0.5, 0.6) is 0 Å². The molecule has 11 heteroatoms. The summed E-state index contributed by atoms with van der Waals surface area (Å²) in [5, 5.41) is 9.74. The van der Waals surface area contributed by atoms with Crippen LogP contribution in [0.3, 0.4) is 0 Å². The molecule has 0 radical (unpaired) electrons. The van der Waals surface area contributed by atoms with Gasteiger partial charge in [0.2, 0.25) is 0 Å². The number of rotatable bonds is 8. The van der Waals surface area contributed by atoms with Crippen molar-refractivity contribution in [2.45, 2.75) is 19.5 Å². The van der Waals surface area contributed by atoms with Crippen molar-refractivity contribution in [1.29, 1.82) is 0 Å². The zero-order valence-electron chi connectivity index (χ0n) is 15.6. The van der Waals surface area contributed by atoms with Gasteiger partial charge in [0, 0.05) is 25.0 Å². The number of nitrogens with two attached hydrogens (primary N) is 2. The van der Waals surface area contributed by atoms with Crippen LogP contribution in [0.4, 0.5) is 26.1 Å². The quantitative estimate of drug-likeness (QED) is 0.448. The Morgan fingerprint density at radius 2 is 2.07 bits per heavy atom. The fraction of sp³-hybridized carbons (Fsp3) is 0.222. The second-order valence-electron chi connectivity index (χ2n) is 6.30. The van der Waals surface area contributed by atoms with E-state index in [4.69, 9.17) is 11.5 Å². The molecule has 152 valence electrons. The molecular weight excluding hydrogens is 382 g/mol. The van der Waals surface area contributed by atoms with Crippen LogP contribution in [0.15, 0.2) is 36.8 Å². The fourth-order valence-corrected chi connectivity index (χ4v) is 2.59. The predicted octanol–water partition coefficient (Wildman–Crippen LogP) is 1.54. The van der Waals surface area contributed by atoms with Gasteiger partial charge in [-0.15, -0.1) is 0 Å². The third-order valence-corrected chi connectivity index (χ3v) is 4.12. The highest BCUT2D eigenvalue weighted by Gasteiger charge is 2.19. The molecule has 0 unspecified atom stereocenters. The third kappa shape index (κ3) is 4.82. The second kappa shape index (κ2) is 8.61. The van der Waals surface area contributed by atoms with Crippen LogP contribution in [0.1, 0.15) is 16.1 Å². The Morgan fingerprint density at radius 3 is 2.69 bits per heavy atom. The van der Waals surface area contributed by atoms with Crippen LogP contribution >= 0.6 is 0 Å². The van der Waals surface area contributed by atoms with Gasteiger partial charge in [-0.05, 0) is 19.1 Å². The largest absolute Gasteiger partial charge is 0.365 e. The molecule has 1 atom stereocenters. The van der Waals surface area contributed by atoms with Crippen LogP contribution in [0.25, 0.3) is 0 Å². The van der Waals surface area contributed by atoms with E-state index in [2.05, 4.69) is 25.7 Å². The summed E-state index contributed by atoms with van der Waals surface area (Å²) in [6.07, 6.45) is 4.72. The number of amides is 1. The van der Waals surface area contributed by atoms with Crippen molar-refractivity contribution in [3.8, 4) is 0 Å². The zero-order valence-corrected chi connectivity index (χ0v) is 15.6. The summed E-state index contributed by atoms with van der Waals surface area (Å²) >= 11 is 0. The lowest BCUT2D eigenvalue weighted by Crippen LogP contribution is -2.34. The lowest BCUT2D eigenvalue weighted by Gasteiger charge is -2.19. The number of hydrogen-bond donors (Lipinski definition) is 4. The molecule has 1 amide bonds. The number of hydrogen-bond acceptors (Lipinski definition) is 7. The summed E-state index contributed by atoms with van der Waals surface area (Å²) in [6.45, 7) is 2.06. The Bertz CT molecular complexity index is 1010. The van der Waals surface area contributed by atoms with Gasteiger partial charge in [-0.3, -0.25) is 14.5 Å². The Balaban J connectivity index is 1.90. The Labute approximate surface area is 165 Å². The minimum absolute atomic E-state index is 0.0405. The molecule has 0 spiro atoms. The molecule has 0 aliphatic carbocycles. The third-order valence-electron chi connectivity index (χ3n) is 4.12. The number of anilines is 3. The molecule has 3 heterocycles. The number of carbonyl (C=O) groups excluding carboxylic acids is 1. The highest BCUT2D eigenvalue weighted by atomic mass is 19.1. The van der Waals surface area contributed by atoms with Crippen LogP contribution < -0.4 is 22.1 Å². The maximum atomic E-state index is 14.5. The molecule has 9 nitrogen and oxygen atoms in total. The first-order valence-electron chi connectivity index (χ1n) is 8.71. The minimum atomic E-state index is -0.891. The molecule has 0 aliphatic rings. The van der Waals surface area contributed by atoms with Gasteiger partial charge in [-0.1, -0.05) is 0 Å². The molecule has 29 heavy (non-hydrogen) atoms. The van der Waals surface area contributed by atoms with Crippen molar-refractivity contribution in [3.05, 3.63) is 59.7 Å². The van der Waals surface area contributed by atoms with E-state index in [1.807, 2.05) is 0 Å². The summed E-state index contributed by atoms with van der Waals surface area (Å²) < 4.78 is 29.9. The monoisotopic (exact) mass is 402 g/mol. The number of pyridine rings is 2. The number of aryl methyl sites for hydroxylation is 1. The summed E-state index contributed by atoms with van der Waals surface area (Å²) in [5.74, 6) is -2.39. The van der Waals surface area contributed by atoms with E-state index in [-0.39, 0.29) is 41.2 Å². The Morgan fingerprint density at radius 1 is 1.28 bits per heavy atom. The number of carbonyl (C=O) groups is 1. The topological polar surface area (TPSA) is 137 Å². The van der Waals surface area contributed by atoms with E-state index in [1.54, 1.807) is 23.1 Å². The molecule has 0 fully saturated rings. The van der Waals surface area contributed by atoms with Gasteiger partial charge in [-0.25, -0.2) is 13.8 Å². The SMILES string of the molecule is Cc1ncc(Nc2nc(N[C@@H](CN)Cn3cccn3)c(F)cc2C(N)=O)cc1F. The van der Waals surface area contributed by atoms with E-state index in [1.165, 1.54) is 19.2 Å². The van der Waals surface area contributed by atoms with Crippen molar-refractivity contribution in [2.24, 2.45) is 11.5 Å². The van der Waals surface area contributed by atoms with E-state index in [9.17, 15) is 13.6 Å². The van der Waals surface area contributed by atoms with E-state index in [0.717, 1.165) is 6.07 Å². The molecule has 3 aromatic heterocycles. The van der Waals surface area contributed by atoms with Crippen LogP contribution in [-0.4, -0.2) is 38.2 Å². The number of nitrogens with one attached hydrogen (secondary N) is 2. The zero-order chi connectivity index (χ0) is 21.0. The molecule has 0 aliphatic heterocycles. The lowest BCUT2D eigenvalue weighted by molar-refractivity contribution is 0.100. The van der Waals surface area contributed by atoms with Crippen molar-refractivity contribution in [2.75, 3.05) is 17.2 Å². The first-order valence-corrected chi connectivity index (χ1v) is 8.71. The number of aromatic nitrogens is 4. The second-order valence-corrected chi connectivity index (χ2v) is 6.30. The van der Waals surface area contributed by atoms with Gasteiger partial charge in [0.25, 0.3) is 5.91 Å². The smallest absolute Gasteiger partial charge is 0.252 e. The Kier molecular flexibility index (Phi) is 5.98. The molecular formula is C18H20F2N8O. The molecule has 6 N–H and O–H groups in total. The summed E-state index contributed by atoms with van der Waals surface area (Å²) in [5.41, 5.74) is 11.3. The first kappa shape index (κ1) is 20.1. The summed E-state index contributed by atoms with van der Waals surface area (Å²) in [6, 6.07) is 3.51. The van der Waals surface area contributed by atoms with Crippen molar-refractivity contribution >= 4 is 23.2 Å². The van der Waals surface area contributed by atoms with Crippen LogP contribution in [0.2, 0.25) is 0 Å². The van der Waals surface area contributed by atoms with Gasteiger partial charge in [0.1, 0.15) is 11.6 Å². The van der Waals surface area contributed by atoms with Crippen LogP contribution in [-0.2, 0) is 6.54 Å². The highest BCUT2D eigenvalue weighted by Crippen LogP contribution is 2.24. The van der Waals surface area contributed by atoms with Gasteiger partial charge in [-0.2, -0.15) is 5.10 Å². The summed E-state index contributed by atoms with van der Waals surface area (Å²) in [4.78, 5) is 19.7. The maximum Gasteiger partial charge on any atom is 0.252 e. The normalized spacial score (nSPS) is 11.9. The average Bonchev–Trinajstić information content (AvgIpc) is 3.19. The standard InChI is InChI=1S/C18H20F2N8O/c1-10-14(19)5-11(8-23-10)25-17-13(16(22)29)6-15(20)18(27-17)26-12(7-21)9-28-4-2-3-24-28/h2-6,8,12H,7,9,21H2,1H3,(H2,22,29)(H2,25,26,27)/t12-/m0/s1. The highest BCUT2D eigenvalue weighted by molar-refractivity contribution is 5.98. The maximum absolute atomic E-state index is 14.5. The van der Waals surface area contributed by atoms with Crippen molar-refractivity contribution < 1.29 is 13.6 Å². The average molecular weight is 402 g/mol. The molecule has 0 bridgehead atoms. The number of primary amides is 1. The Hall–Kier alpha value is -3.60. The molecule has 3 rings (SSSR count). The van der Waals surface area contributed by atoms with E-state index in [0.29, 0.717) is 6.54 Å². The van der Waals surface area contributed by atoms with Gasteiger partial charge < -0.3 is 22.1 Å². The summed E-state index contributed by atoms with van der Waals surface area (Å²) in [7, 11) is 0. The number of nitrogens with zero attached hydrogens (tertiary/aromatic N) is 4. The molecule has 3 aromatic rings. The predicted molar refractivity (Wildman–Crippen MR) is 104 cm³/mol. The van der Waals surface area contributed by atoms with Gasteiger partial charge in [0.05, 0.1) is 35.7 Å². The van der Waals surface area contributed by atoms with Gasteiger partial charge >= 0.3 is 0 Å². The molecule has 0 saturated heterocycles. The fourth-order valence-electron chi connectivity index (χ4n) is 2.59. The van der Waals surface area contributed by atoms with Crippen molar-refractivity contribution in [3.63, 3.8) is 0 Å². The molecule has 0 saturated carbocycles.